The fraction of sp³-hybridized carbons (Fsp3) is 0.500. The summed E-state index contributed by atoms with van der Waals surface area (Å²) in [5.74, 6) is 0.335. The van der Waals surface area contributed by atoms with Gasteiger partial charge in [-0.3, -0.25) is 9.59 Å². The number of hydrogen-bond donors (Lipinski definition) is 1. The Balaban J connectivity index is 1.87. The highest BCUT2D eigenvalue weighted by atomic mass is 32.2. The molecule has 7 nitrogen and oxygen atoms in total. The molecule has 1 fully saturated rings. The predicted molar refractivity (Wildman–Crippen MR) is 100 cm³/mol. The number of rotatable bonds is 7. The molecule has 0 aliphatic carbocycles. The summed E-state index contributed by atoms with van der Waals surface area (Å²) in [7, 11) is 0. The van der Waals surface area contributed by atoms with E-state index >= 15 is 0 Å². The lowest BCUT2D eigenvalue weighted by molar-refractivity contribution is -0.148. The van der Waals surface area contributed by atoms with Crippen LogP contribution in [0.25, 0.3) is 11.0 Å². The van der Waals surface area contributed by atoms with E-state index in [4.69, 9.17) is 4.74 Å². The molecule has 1 aromatic carbocycles. The third-order valence-electron chi connectivity index (χ3n) is 4.56. The number of imidazole rings is 1. The van der Waals surface area contributed by atoms with Gasteiger partial charge >= 0.3 is 5.97 Å². The maximum absolute atomic E-state index is 13.0. The number of aliphatic carboxylic acids is 1. The largest absolute Gasteiger partial charge is 0.480 e. The lowest BCUT2D eigenvalue weighted by atomic mass is 10.1. The summed E-state index contributed by atoms with van der Waals surface area (Å²) in [5, 5.41) is 9.25. The van der Waals surface area contributed by atoms with Gasteiger partial charge in [0.1, 0.15) is 18.9 Å². The van der Waals surface area contributed by atoms with Crippen LogP contribution in [0, 0.1) is 0 Å². The van der Waals surface area contributed by atoms with Crippen LogP contribution < -0.4 is 0 Å². The van der Waals surface area contributed by atoms with Gasteiger partial charge < -0.3 is 19.3 Å². The molecule has 8 heteroatoms. The van der Waals surface area contributed by atoms with E-state index in [1.165, 1.54) is 4.90 Å². The second-order valence-electron chi connectivity index (χ2n) is 6.29. The number of ether oxygens (including phenoxy) is 1. The monoisotopic (exact) mass is 377 g/mol. The molecule has 0 radical (unpaired) electrons. The van der Waals surface area contributed by atoms with Crippen LogP contribution in [0.4, 0.5) is 0 Å². The summed E-state index contributed by atoms with van der Waals surface area (Å²) < 4.78 is 7.25. The predicted octanol–water partition coefficient (Wildman–Crippen LogP) is 1.99. The molecular weight excluding hydrogens is 354 g/mol. The molecule has 0 atom stereocenters. The number of thioether (sulfide) groups is 1. The van der Waals surface area contributed by atoms with Crippen molar-refractivity contribution in [1.29, 1.82) is 0 Å². The molecular formula is C18H23N3O4S. The molecule has 2 heterocycles. The van der Waals surface area contributed by atoms with Gasteiger partial charge in [-0.15, -0.1) is 0 Å². The van der Waals surface area contributed by atoms with Gasteiger partial charge in [0.05, 0.1) is 16.8 Å². The van der Waals surface area contributed by atoms with Crippen LogP contribution in [0.1, 0.15) is 18.7 Å². The second-order valence-corrected chi connectivity index (χ2v) is 7.16. The average molecular weight is 377 g/mol. The minimum atomic E-state index is -0.996. The number of carboxylic acids is 1. The number of carbonyl (C=O) groups excluding carboxylic acids is 1. The fourth-order valence-corrected chi connectivity index (χ4v) is 3.81. The number of amides is 1. The zero-order valence-corrected chi connectivity index (χ0v) is 15.6. The van der Waals surface area contributed by atoms with E-state index in [2.05, 4.69) is 4.98 Å². The first-order valence-corrected chi connectivity index (χ1v) is 10.0. The maximum atomic E-state index is 13.0. The van der Waals surface area contributed by atoms with Crippen molar-refractivity contribution < 1.29 is 19.4 Å². The van der Waals surface area contributed by atoms with Gasteiger partial charge in [0.25, 0.3) is 0 Å². The summed E-state index contributed by atoms with van der Waals surface area (Å²) in [6.07, 6.45) is 3.33. The van der Waals surface area contributed by atoms with Crippen LogP contribution in [0.15, 0.2) is 24.3 Å². The number of fused-ring (bicyclic) bond motifs is 1. The summed E-state index contributed by atoms with van der Waals surface area (Å²) in [4.78, 5) is 30.4. The summed E-state index contributed by atoms with van der Waals surface area (Å²) in [6, 6.07) is 7.61. The Morgan fingerprint density at radius 2 is 2.08 bits per heavy atom. The molecule has 1 aliphatic heterocycles. The molecule has 1 aliphatic rings. The van der Waals surface area contributed by atoms with Gasteiger partial charge in [0, 0.05) is 19.3 Å². The number of hydrogen-bond acceptors (Lipinski definition) is 5. The normalized spacial score (nSPS) is 15.3. The molecule has 140 valence electrons. The van der Waals surface area contributed by atoms with Gasteiger partial charge in [-0.05, 0) is 31.2 Å². The van der Waals surface area contributed by atoms with Crippen molar-refractivity contribution in [2.45, 2.75) is 31.2 Å². The first-order chi connectivity index (χ1) is 12.6. The van der Waals surface area contributed by atoms with Crippen molar-refractivity contribution in [1.82, 2.24) is 14.5 Å². The minimum Gasteiger partial charge on any atom is -0.480 e. The van der Waals surface area contributed by atoms with E-state index in [1.807, 2.05) is 35.1 Å². The molecule has 0 bridgehead atoms. The molecule has 2 aromatic rings. The van der Waals surface area contributed by atoms with E-state index < -0.39 is 5.97 Å². The quantitative estimate of drug-likeness (QED) is 0.794. The van der Waals surface area contributed by atoms with Gasteiger partial charge in [0.15, 0.2) is 0 Å². The van der Waals surface area contributed by atoms with Crippen molar-refractivity contribution in [2.75, 3.05) is 26.0 Å². The average Bonchev–Trinajstić information content (AvgIpc) is 2.98. The Morgan fingerprint density at radius 1 is 1.35 bits per heavy atom. The number of aromatic nitrogens is 2. The Morgan fingerprint density at radius 3 is 2.77 bits per heavy atom. The highest BCUT2D eigenvalue weighted by Crippen LogP contribution is 2.21. The van der Waals surface area contributed by atoms with E-state index in [9.17, 15) is 14.7 Å². The first-order valence-electron chi connectivity index (χ1n) is 8.62. The summed E-state index contributed by atoms with van der Waals surface area (Å²) >= 11 is 1.64. The number of nitrogens with zero attached hydrogens (tertiary/aromatic N) is 3. The van der Waals surface area contributed by atoms with Crippen LogP contribution in [0.3, 0.4) is 0 Å². The van der Waals surface area contributed by atoms with Crippen LogP contribution >= 0.6 is 11.8 Å². The minimum absolute atomic E-state index is 0.0915. The van der Waals surface area contributed by atoms with Gasteiger partial charge in [-0.2, -0.15) is 11.8 Å². The van der Waals surface area contributed by atoms with E-state index in [0.29, 0.717) is 31.8 Å². The van der Waals surface area contributed by atoms with E-state index in [-0.39, 0.29) is 25.0 Å². The maximum Gasteiger partial charge on any atom is 0.323 e. The number of benzene rings is 1. The van der Waals surface area contributed by atoms with Gasteiger partial charge in [-0.25, -0.2) is 4.98 Å². The number of carbonyl (C=O) groups is 2. The fourth-order valence-electron chi connectivity index (χ4n) is 3.33. The smallest absolute Gasteiger partial charge is 0.323 e. The third-order valence-corrected chi connectivity index (χ3v) is 5.10. The third kappa shape index (κ3) is 4.19. The standard InChI is InChI=1S/C18H23N3O4S/c1-26-12-16-19-14-4-2-3-5-15(14)21(16)10-17(22)20(11-18(23)24)13-6-8-25-9-7-13/h2-5,13H,6-12H2,1H3,(H,23,24). The molecule has 1 aromatic heterocycles. The Labute approximate surface area is 156 Å². The second kappa shape index (κ2) is 8.55. The molecule has 1 saturated heterocycles. The van der Waals surface area contributed by atoms with Crippen molar-refractivity contribution in [3.8, 4) is 0 Å². The number of para-hydroxylation sites is 2. The van der Waals surface area contributed by atoms with E-state index in [1.54, 1.807) is 11.8 Å². The molecule has 26 heavy (non-hydrogen) atoms. The Kier molecular flexibility index (Phi) is 6.16. The lowest BCUT2D eigenvalue weighted by Gasteiger charge is -2.33. The van der Waals surface area contributed by atoms with Crippen LogP contribution in [-0.4, -0.2) is 63.5 Å². The molecule has 1 amide bonds. The SMILES string of the molecule is CSCc1nc2ccccc2n1CC(=O)N(CC(=O)O)C1CCOCC1. The van der Waals surface area contributed by atoms with Crippen molar-refractivity contribution in [2.24, 2.45) is 0 Å². The Hall–Kier alpha value is -2.06. The molecule has 3 rings (SSSR count). The van der Waals surface area contributed by atoms with E-state index in [0.717, 1.165) is 16.9 Å². The first kappa shape index (κ1) is 18.7. The molecule has 0 saturated carbocycles. The topological polar surface area (TPSA) is 84.7 Å². The molecule has 1 N–H and O–H groups in total. The van der Waals surface area contributed by atoms with Gasteiger partial charge in [0.2, 0.25) is 5.91 Å². The lowest BCUT2D eigenvalue weighted by Crippen LogP contribution is -2.47. The van der Waals surface area contributed by atoms with Crippen LogP contribution in [-0.2, 0) is 26.6 Å². The highest BCUT2D eigenvalue weighted by Gasteiger charge is 2.28. The number of carboxylic acid groups (broad SMARTS) is 1. The van der Waals surface area contributed by atoms with Crippen LogP contribution in [0.2, 0.25) is 0 Å². The van der Waals surface area contributed by atoms with Crippen molar-refractivity contribution in [3.63, 3.8) is 0 Å². The molecule has 0 unspecified atom stereocenters. The zero-order valence-electron chi connectivity index (χ0n) is 14.8. The Bertz CT molecular complexity index is 786. The summed E-state index contributed by atoms with van der Waals surface area (Å²) in [5.41, 5.74) is 1.74. The van der Waals surface area contributed by atoms with Gasteiger partial charge in [-0.1, -0.05) is 12.1 Å². The van der Waals surface area contributed by atoms with Crippen molar-refractivity contribution in [3.05, 3.63) is 30.1 Å². The highest BCUT2D eigenvalue weighted by molar-refractivity contribution is 7.97. The van der Waals surface area contributed by atoms with Crippen LogP contribution in [0.5, 0.6) is 0 Å². The van der Waals surface area contributed by atoms with Crippen molar-refractivity contribution >= 4 is 34.7 Å². The molecule has 0 spiro atoms. The zero-order chi connectivity index (χ0) is 18.5. The summed E-state index contributed by atoms with van der Waals surface area (Å²) in [6.45, 7) is 0.925.